The molecular formula is C35H50N6O11S2. The lowest BCUT2D eigenvalue weighted by Gasteiger charge is -2.11. The molecule has 298 valence electrons. The number of nitrogens with zero attached hydrogens (tertiary/aromatic N) is 5. The van der Waals surface area contributed by atoms with Gasteiger partial charge in [-0.3, -0.25) is 9.59 Å². The van der Waals surface area contributed by atoms with Crippen LogP contribution < -0.4 is 5.32 Å². The van der Waals surface area contributed by atoms with E-state index in [4.69, 9.17) is 48.0 Å². The van der Waals surface area contributed by atoms with Gasteiger partial charge in [-0.2, -0.15) is 0 Å². The van der Waals surface area contributed by atoms with Crippen LogP contribution in [-0.2, 0) is 42.7 Å². The van der Waals surface area contributed by atoms with Gasteiger partial charge in [0.2, 0.25) is 0 Å². The molecule has 2 N–H and O–H groups in total. The summed E-state index contributed by atoms with van der Waals surface area (Å²) in [6.45, 7) is 6.81. The average Bonchev–Trinajstić information content (AvgIpc) is 3.20. The van der Waals surface area contributed by atoms with Gasteiger partial charge in [-0.15, -0.1) is 0 Å². The van der Waals surface area contributed by atoms with Gasteiger partial charge in [0.15, 0.2) is 10.3 Å². The van der Waals surface area contributed by atoms with Crippen molar-refractivity contribution in [3.63, 3.8) is 0 Å². The van der Waals surface area contributed by atoms with E-state index in [1.165, 1.54) is 23.5 Å². The van der Waals surface area contributed by atoms with E-state index < -0.39 is 5.97 Å². The second kappa shape index (κ2) is 29.0. The number of thioether (sulfide) groups is 2. The number of carboxylic acid groups (broad SMARTS) is 1. The molecule has 3 rings (SSSR count). The van der Waals surface area contributed by atoms with Crippen LogP contribution >= 0.6 is 23.5 Å². The Labute approximate surface area is 323 Å². The lowest BCUT2D eigenvalue weighted by atomic mass is 10.1. The second-order valence-electron chi connectivity index (χ2n) is 10.8. The fraction of sp³-hybridized carbons (Fsp3) is 0.571. The SMILES string of the molecule is CSc1ncc(-c2cc(C(=O)NCCOCCOCCOCCOCCOCCOCCOCCOCCC(=O)O)cc(-c3cnc(SC)nc3)n2)cn1. The maximum Gasteiger partial charge on any atom is 0.305 e. The summed E-state index contributed by atoms with van der Waals surface area (Å²) in [6.07, 6.45) is 10.5. The number of nitrogens with one attached hydrogen (secondary N) is 1. The van der Waals surface area contributed by atoms with Crippen molar-refractivity contribution >= 4 is 35.4 Å². The number of carboxylic acids is 1. The molecule has 0 aliphatic carbocycles. The van der Waals surface area contributed by atoms with Crippen LogP contribution in [0.4, 0.5) is 0 Å². The minimum Gasteiger partial charge on any atom is -0.481 e. The monoisotopic (exact) mass is 794 g/mol. The van der Waals surface area contributed by atoms with Gasteiger partial charge < -0.3 is 48.3 Å². The fourth-order valence-corrected chi connectivity index (χ4v) is 4.84. The molecule has 17 nitrogen and oxygen atoms in total. The Kier molecular flexibility index (Phi) is 24.2. The van der Waals surface area contributed by atoms with Crippen molar-refractivity contribution in [1.82, 2.24) is 30.2 Å². The highest BCUT2D eigenvalue weighted by atomic mass is 32.2. The van der Waals surface area contributed by atoms with Crippen LogP contribution in [0.3, 0.4) is 0 Å². The van der Waals surface area contributed by atoms with Gasteiger partial charge in [0.05, 0.1) is 124 Å². The highest BCUT2D eigenvalue weighted by Crippen LogP contribution is 2.25. The van der Waals surface area contributed by atoms with E-state index in [9.17, 15) is 9.59 Å². The summed E-state index contributed by atoms with van der Waals surface area (Å²) in [5.41, 5.74) is 2.92. The molecule has 3 heterocycles. The molecule has 0 bridgehead atoms. The molecule has 3 aromatic rings. The summed E-state index contributed by atoms with van der Waals surface area (Å²) in [7, 11) is 0. The Bertz CT molecular complexity index is 1400. The third kappa shape index (κ3) is 19.8. The molecule has 0 aromatic carbocycles. The number of aromatic nitrogens is 5. The van der Waals surface area contributed by atoms with Crippen LogP contribution in [-0.4, -0.2) is 167 Å². The molecular weight excluding hydrogens is 745 g/mol. The Morgan fingerprint density at radius 3 is 1.22 bits per heavy atom. The minimum absolute atomic E-state index is 0.0123. The number of hydrogen-bond donors (Lipinski definition) is 2. The summed E-state index contributed by atoms with van der Waals surface area (Å²) in [5.74, 6) is -1.15. The number of amides is 1. The van der Waals surface area contributed by atoms with Crippen LogP contribution in [0.5, 0.6) is 0 Å². The third-order valence-corrected chi connectivity index (χ3v) is 8.05. The van der Waals surface area contributed by atoms with Gasteiger partial charge in [-0.05, 0) is 24.6 Å². The van der Waals surface area contributed by atoms with Crippen molar-refractivity contribution in [2.24, 2.45) is 0 Å². The quantitative estimate of drug-likeness (QED) is 0.0530. The molecule has 19 heteroatoms. The zero-order valence-corrected chi connectivity index (χ0v) is 32.4. The van der Waals surface area contributed by atoms with E-state index >= 15 is 0 Å². The van der Waals surface area contributed by atoms with Gasteiger partial charge >= 0.3 is 5.97 Å². The Morgan fingerprint density at radius 2 is 0.889 bits per heavy atom. The average molecular weight is 795 g/mol. The molecule has 0 fully saturated rings. The summed E-state index contributed by atoms with van der Waals surface area (Å²) in [6, 6.07) is 3.42. The molecule has 3 aromatic heterocycles. The molecule has 1 amide bonds. The van der Waals surface area contributed by atoms with E-state index in [1.54, 1.807) is 36.9 Å². The van der Waals surface area contributed by atoms with Crippen molar-refractivity contribution in [2.45, 2.75) is 16.7 Å². The Hall–Kier alpha value is -3.37. The smallest absolute Gasteiger partial charge is 0.305 e. The number of carbonyl (C=O) groups excluding carboxylic acids is 1. The standard InChI is InChI=1S/C35H50N6O11S2/c1-53-34-37-23-28(24-38-34)30-21-27(22-31(41-30)29-25-39-35(54-2)40-26-29)33(44)36-4-6-46-8-10-48-12-14-50-16-18-52-20-19-51-17-15-49-13-11-47-9-7-45-5-3-32(42)43/h21-26H,3-20H2,1-2H3,(H,36,44)(H,42,43). The number of hydrogen-bond acceptors (Lipinski definition) is 17. The van der Waals surface area contributed by atoms with Crippen LogP contribution in [0.25, 0.3) is 22.5 Å². The van der Waals surface area contributed by atoms with Crippen molar-refractivity contribution < 1.29 is 52.6 Å². The molecule has 0 aliphatic heterocycles. The first kappa shape index (κ1) is 45.0. The van der Waals surface area contributed by atoms with Crippen LogP contribution in [0.2, 0.25) is 0 Å². The molecule has 0 aliphatic rings. The van der Waals surface area contributed by atoms with Crippen LogP contribution in [0, 0.1) is 0 Å². The van der Waals surface area contributed by atoms with Crippen molar-refractivity contribution in [3.8, 4) is 22.5 Å². The number of aliphatic carboxylic acids is 1. The van der Waals surface area contributed by atoms with Gasteiger partial charge in [0, 0.05) is 48.0 Å². The van der Waals surface area contributed by atoms with Crippen LogP contribution in [0.1, 0.15) is 16.8 Å². The number of rotatable bonds is 32. The normalized spacial score (nSPS) is 11.2. The van der Waals surface area contributed by atoms with Crippen LogP contribution in [0.15, 0.2) is 47.2 Å². The van der Waals surface area contributed by atoms with Crippen molar-refractivity contribution in [2.75, 3.05) is 125 Å². The van der Waals surface area contributed by atoms with Gasteiger partial charge in [-0.25, -0.2) is 24.9 Å². The van der Waals surface area contributed by atoms with Gasteiger partial charge in [-0.1, -0.05) is 23.5 Å². The topological polar surface area (TPSA) is 205 Å². The summed E-state index contributed by atoms with van der Waals surface area (Å²) in [5, 5.41) is 12.7. The largest absolute Gasteiger partial charge is 0.481 e. The molecule has 0 saturated carbocycles. The predicted molar refractivity (Wildman–Crippen MR) is 201 cm³/mol. The predicted octanol–water partition coefficient (Wildman–Crippen LogP) is 2.78. The van der Waals surface area contributed by atoms with E-state index in [1.807, 2.05) is 12.5 Å². The van der Waals surface area contributed by atoms with Crippen molar-refractivity contribution in [3.05, 3.63) is 42.5 Å². The molecule has 0 radical (unpaired) electrons. The zero-order chi connectivity index (χ0) is 38.5. The highest BCUT2D eigenvalue weighted by molar-refractivity contribution is 7.98. The first-order chi connectivity index (χ1) is 26.5. The number of carbonyl (C=O) groups is 2. The Balaban J connectivity index is 1.16. The first-order valence-electron chi connectivity index (χ1n) is 17.4. The molecule has 0 unspecified atom stereocenters. The van der Waals surface area contributed by atoms with E-state index in [0.29, 0.717) is 144 Å². The van der Waals surface area contributed by atoms with Crippen molar-refractivity contribution in [1.29, 1.82) is 0 Å². The molecule has 0 spiro atoms. The lowest BCUT2D eigenvalue weighted by Crippen LogP contribution is -2.28. The van der Waals surface area contributed by atoms with Gasteiger partial charge in [0.1, 0.15) is 0 Å². The summed E-state index contributed by atoms with van der Waals surface area (Å²) < 4.78 is 43.4. The maximum atomic E-state index is 13.1. The Morgan fingerprint density at radius 1 is 0.556 bits per heavy atom. The highest BCUT2D eigenvalue weighted by Gasteiger charge is 2.14. The van der Waals surface area contributed by atoms with E-state index in [-0.39, 0.29) is 18.9 Å². The van der Waals surface area contributed by atoms with E-state index in [0.717, 1.165) is 0 Å². The fourth-order valence-electron chi connectivity index (χ4n) is 4.20. The molecule has 0 saturated heterocycles. The van der Waals surface area contributed by atoms with Gasteiger partial charge in [0.25, 0.3) is 5.91 Å². The summed E-state index contributed by atoms with van der Waals surface area (Å²) >= 11 is 2.88. The second-order valence-corrected chi connectivity index (χ2v) is 12.4. The number of pyridine rings is 1. The zero-order valence-electron chi connectivity index (χ0n) is 30.8. The minimum atomic E-state index is -0.882. The third-order valence-electron chi connectivity index (χ3n) is 6.90. The maximum absolute atomic E-state index is 13.1. The van der Waals surface area contributed by atoms with E-state index in [2.05, 4.69) is 25.3 Å². The summed E-state index contributed by atoms with van der Waals surface area (Å²) in [4.78, 5) is 45.6. The first-order valence-corrected chi connectivity index (χ1v) is 19.8. The molecule has 0 atom stereocenters. The lowest BCUT2D eigenvalue weighted by molar-refractivity contribution is -0.138. The number of ether oxygens (including phenoxy) is 8. The molecule has 54 heavy (non-hydrogen) atoms.